The number of pyridine rings is 1. The quantitative estimate of drug-likeness (QED) is 0.531. The standard InChI is InChI=1S/C23H23N5O2/c1-14-12-22(26-19-5-3-2-4-18(14)19)24-16-7-9-17(10-8-16)25-23(29)15-6-11-20-21(13-15)28-30-27-20/h2-6,11-13,16-17H,7-10H2,1H3,(H,24,26)(H,25,29). The number of aromatic nitrogens is 3. The van der Waals surface area contributed by atoms with Crippen molar-refractivity contribution >= 4 is 33.7 Å². The predicted molar refractivity (Wildman–Crippen MR) is 115 cm³/mol. The summed E-state index contributed by atoms with van der Waals surface area (Å²) in [4.78, 5) is 17.4. The van der Waals surface area contributed by atoms with Crippen LogP contribution in [0.1, 0.15) is 41.6 Å². The molecule has 7 heteroatoms. The molecule has 0 unspecified atom stereocenters. The monoisotopic (exact) mass is 401 g/mol. The molecule has 1 saturated carbocycles. The first-order chi connectivity index (χ1) is 14.7. The first-order valence-electron chi connectivity index (χ1n) is 10.3. The molecule has 2 N–H and O–H groups in total. The van der Waals surface area contributed by atoms with E-state index in [1.165, 1.54) is 10.9 Å². The topological polar surface area (TPSA) is 92.9 Å². The number of nitrogens with one attached hydrogen (secondary N) is 2. The van der Waals surface area contributed by atoms with Gasteiger partial charge in [-0.25, -0.2) is 9.61 Å². The number of carbonyl (C=O) groups excluding carboxylic acids is 1. The van der Waals surface area contributed by atoms with E-state index in [4.69, 9.17) is 9.61 Å². The van der Waals surface area contributed by atoms with Gasteiger partial charge in [-0.1, -0.05) is 18.2 Å². The summed E-state index contributed by atoms with van der Waals surface area (Å²) in [5.41, 5.74) is 4.06. The molecule has 152 valence electrons. The average Bonchev–Trinajstić information content (AvgIpc) is 3.23. The fraction of sp³-hybridized carbons (Fsp3) is 0.304. The summed E-state index contributed by atoms with van der Waals surface area (Å²) < 4.78 is 4.70. The number of nitrogens with zero attached hydrogens (tertiary/aromatic N) is 3. The zero-order valence-corrected chi connectivity index (χ0v) is 16.8. The molecule has 7 nitrogen and oxygen atoms in total. The summed E-state index contributed by atoms with van der Waals surface area (Å²) in [7, 11) is 0. The fourth-order valence-corrected chi connectivity index (χ4v) is 4.21. The van der Waals surface area contributed by atoms with Crippen LogP contribution in [0.3, 0.4) is 0 Å². The van der Waals surface area contributed by atoms with Crippen molar-refractivity contribution in [1.29, 1.82) is 0 Å². The van der Waals surface area contributed by atoms with Crippen molar-refractivity contribution in [3.05, 3.63) is 59.7 Å². The van der Waals surface area contributed by atoms with Gasteiger partial charge < -0.3 is 10.6 Å². The molecule has 1 aliphatic rings. The molecule has 0 bridgehead atoms. The van der Waals surface area contributed by atoms with Crippen LogP contribution in [-0.2, 0) is 0 Å². The van der Waals surface area contributed by atoms with Crippen molar-refractivity contribution in [2.75, 3.05) is 5.32 Å². The highest BCUT2D eigenvalue weighted by molar-refractivity contribution is 5.97. The lowest BCUT2D eigenvalue weighted by Crippen LogP contribution is -2.40. The number of hydrogen-bond acceptors (Lipinski definition) is 6. The Morgan fingerprint density at radius 1 is 0.933 bits per heavy atom. The summed E-state index contributed by atoms with van der Waals surface area (Å²) in [6.07, 6.45) is 3.85. The van der Waals surface area contributed by atoms with Crippen LogP contribution in [-0.4, -0.2) is 33.3 Å². The molecule has 1 aliphatic carbocycles. The van der Waals surface area contributed by atoms with E-state index in [0.29, 0.717) is 22.6 Å². The van der Waals surface area contributed by atoms with Crippen LogP contribution in [0.15, 0.2) is 53.2 Å². The first kappa shape index (κ1) is 18.5. The summed E-state index contributed by atoms with van der Waals surface area (Å²) in [5, 5.41) is 15.5. The third-order valence-electron chi connectivity index (χ3n) is 5.85. The lowest BCUT2D eigenvalue weighted by molar-refractivity contribution is 0.0926. The molecule has 1 amide bonds. The minimum Gasteiger partial charge on any atom is -0.367 e. The van der Waals surface area contributed by atoms with Crippen LogP contribution in [0, 0.1) is 6.92 Å². The lowest BCUT2D eigenvalue weighted by atomic mass is 9.91. The maximum atomic E-state index is 12.6. The number of aryl methyl sites for hydroxylation is 1. The van der Waals surface area contributed by atoms with E-state index < -0.39 is 0 Å². The van der Waals surface area contributed by atoms with Crippen LogP contribution < -0.4 is 10.6 Å². The van der Waals surface area contributed by atoms with E-state index in [9.17, 15) is 4.79 Å². The number of amides is 1. The molecule has 2 aromatic carbocycles. The molecular weight excluding hydrogens is 378 g/mol. The Balaban J connectivity index is 1.18. The zero-order valence-electron chi connectivity index (χ0n) is 16.8. The van der Waals surface area contributed by atoms with Gasteiger partial charge in [0.2, 0.25) is 0 Å². The molecule has 0 saturated heterocycles. The van der Waals surface area contributed by atoms with Crippen LogP contribution in [0.5, 0.6) is 0 Å². The molecule has 4 aromatic rings. The molecule has 0 radical (unpaired) electrons. The minimum absolute atomic E-state index is 0.0804. The molecule has 1 fully saturated rings. The molecule has 30 heavy (non-hydrogen) atoms. The van der Waals surface area contributed by atoms with Crippen molar-refractivity contribution in [3.8, 4) is 0 Å². The summed E-state index contributed by atoms with van der Waals surface area (Å²) >= 11 is 0. The van der Waals surface area contributed by atoms with Gasteiger partial charge in [-0.3, -0.25) is 4.79 Å². The van der Waals surface area contributed by atoms with E-state index in [1.54, 1.807) is 18.2 Å². The Bertz CT molecular complexity index is 1210. The third kappa shape index (κ3) is 3.70. The number of hydrogen-bond donors (Lipinski definition) is 2. The van der Waals surface area contributed by atoms with Gasteiger partial charge in [0.05, 0.1) is 5.52 Å². The highest BCUT2D eigenvalue weighted by Gasteiger charge is 2.23. The second-order valence-corrected chi connectivity index (χ2v) is 7.98. The number of carbonyl (C=O) groups is 1. The fourth-order valence-electron chi connectivity index (χ4n) is 4.21. The van der Waals surface area contributed by atoms with E-state index in [-0.39, 0.29) is 11.9 Å². The highest BCUT2D eigenvalue weighted by Crippen LogP contribution is 2.25. The summed E-state index contributed by atoms with van der Waals surface area (Å²) in [6.45, 7) is 2.12. The van der Waals surface area contributed by atoms with Crippen molar-refractivity contribution in [2.24, 2.45) is 0 Å². The molecular formula is C23H23N5O2. The van der Waals surface area contributed by atoms with Gasteiger partial charge in [-0.2, -0.15) is 0 Å². The first-order valence-corrected chi connectivity index (χ1v) is 10.3. The molecule has 5 rings (SSSR count). The minimum atomic E-state index is -0.0804. The number of anilines is 1. The molecule has 0 spiro atoms. The van der Waals surface area contributed by atoms with Gasteiger partial charge in [-0.05, 0) is 78.8 Å². The summed E-state index contributed by atoms with van der Waals surface area (Å²) in [5.74, 6) is 0.844. The highest BCUT2D eigenvalue weighted by atomic mass is 16.6. The Morgan fingerprint density at radius 2 is 1.70 bits per heavy atom. The SMILES string of the molecule is Cc1cc(NC2CCC(NC(=O)c3ccc4nonc4c3)CC2)nc2ccccc12. The molecule has 0 aliphatic heterocycles. The van der Waals surface area contributed by atoms with Crippen LogP contribution >= 0.6 is 0 Å². The predicted octanol–water partition coefficient (Wildman–Crippen LogP) is 4.23. The average molecular weight is 401 g/mol. The Hall–Kier alpha value is -3.48. The number of benzene rings is 2. The van der Waals surface area contributed by atoms with Gasteiger partial charge >= 0.3 is 0 Å². The second-order valence-electron chi connectivity index (χ2n) is 7.98. The van der Waals surface area contributed by atoms with Crippen molar-refractivity contribution in [1.82, 2.24) is 20.6 Å². The van der Waals surface area contributed by atoms with Gasteiger partial charge in [0.1, 0.15) is 16.9 Å². The van der Waals surface area contributed by atoms with E-state index >= 15 is 0 Å². The van der Waals surface area contributed by atoms with E-state index in [1.807, 2.05) is 18.2 Å². The van der Waals surface area contributed by atoms with Crippen LogP contribution in [0.2, 0.25) is 0 Å². The van der Waals surface area contributed by atoms with Gasteiger partial charge in [0.25, 0.3) is 5.91 Å². The van der Waals surface area contributed by atoms with Crippen molar-refractivity contribution in [2.45, 2.75) is 44.7 Å². The second kappa shape index (κ2) is 7.74. The Kier molecular flexibility index (Phi) is 4.78. The maximum Gasteiger partial charge on any atom is 0.251 e. The third-order valence-corrected chi connectivity index (χ3v) is 5.85. The van der Waals surface area contributed by atoms with Gasteiger partial charge in [-0.15, -0.1) is 0 Å². The zero-order chi connectivity index (χ0) is 20.5. The Morgan fingerprint density at radius 3 is 2.57 bits per heavy atom. The van der Waals surface area contributed by atoms with E-state index in [2.05, 4.69) is 40.0 Å². The van der Waals surface area contributed by atoms with Crippen molar-refractivity contribution < 1.29 is 9.42 Å². The number of rotatable bonds is 4. The van der Waals surface area contributed by atoms with Gasteiger partial charge in [0.15, 0.2) is 0 Å². The molecule has 0 atom stereocenters. The van der Waals surface area contributed by atoms with Crippen molar-refractivity contribution in [3.63, 3.8) is 0 Å². The van der Waals surface area contributed by atoms with E-state index in [0.717, 1.165) is 37.0 Å². The lowest BCUT2D eigenvalue weighted by Gasteiger charge is -2.30. The number of fused-ring (bicyclic) bond motifs is 2. The Labute approximate surface area is 173 Å². The number of para-hydroxylation sites is 1. The molecule has 2 heterocycles. The van der Waals surface area contributed by atoms with Crippen LogP contribution in [0.25, 0.3) is 21.9 Å². The van der Waals surface area contributed by atoms with Gasteiger partial charge in [0, 0.05) is 23.0 Å². The van der Waals surface area contributed by atoms with Crippen LogP contribution in [0.4, 0.5) is 5.82 Å². The largest absolute Gasteiger partial charge is 0.367 e. The normalized spacial score (nSPS) is 19.1. The smallest absolute Gasteiger partial charge is 0.251 e. The summed E-state index contributed by atoms with van der Waals surface area (Å²) in [6, 6.07) is 16.1. The maximum absolute atomic E-state index is 12.6. The molecule has 2 aromatic heterocycles.